The largest absolute Gasteiger partial charge is 0.394 e. The highest BCUT2D eigenvalue weighted by atomic mass is 14.8. The summed E-state index contributed by atoms with van der Waals surface area (Å²) >= 11 is 0. The molecule has 1 N–H and O–H groups in total. The van der Waals surface area contributed by atoms with Crippen molar-refractivity contribution in [3.8, 4) is 0 Å². The first-order chi connectivity index (χ1) is 7.88. The van der Waals surface area contributed by atoms with Gasteiger partial charge in [0.25, 0.3) is 0 Å². The molecule has 0 aliphatic heterocycles. The van der Waals surface area contributed by atoms with Crippen LogP contribution >= 0.6 is 0 Å². The fourth-order valence-electron chi connectivity index (χ4n) is 1.21. The van der Waals surface area contributed by atoms with Gasteiger partial charge in [0.1, 0.15) is 0 Å². The number of pyridine rings is 1. The van der Waals surface area contributed by atoms with Gasteiger partial charge in [0.05, 0.1) is 0 Å². The van der Waals surface area contributed by atoms with Gasteiger partial charge in [-0.25, -0.2) is 0 Å². The van der Waals surface area contributed by atoms with Crippen LogP contribution in [0, 0.1) is 0 Å². The number of hydrogen-bond acceptors (Lipinski definition) is 2. The van der Waals surface area contributed by atoms with E-state index in [1.165, 1.54) is 5.57 Å². The van der Waals surface area contributed by atoms with Gasteiger partial charge < -0.3 is 5.32 Å². The van der Waals surface area contributed by atoms with Crippen LogP contribution in [0.25, 0.3) is 5.57 Å². The van der Waals surface area contributed by atoms with E-state index in [1.807, 2.05) is 39.4 Å². The summed E-state index contributed by atoms with van der Waals surface area (Å²) in [6.07, 6.45) is 10.9. The summed E-state index contributed by atoms with van der Waals surface area (Å²) in [6.45, 7) is 6.13. The highest BCUT2D eigenvalue weighted by Crippen LogP contribution is 2.14. The van der Waals surface area contributed by atoms with Crippen LogP contribution in [0.5, 0.6) is 0 Å². The highest BCUT2D eigenvalue weighted by Gasteiger charge is 1.95. The molecule has 0 amide bonds. The van der Waals surface area contributed by atoms with Crippen LogP contribution in [0.4, 0.5) is 0 Å². The van der Waals surface area contributed by atoms with Crippen LogP contribution in [-0.2, 0) is 0 Å². The molecule has 2 nitrogen and oxygen atoms in total. The first-order valence-electron chi connectivity index (χ1n) is 5.83. The van der Waals surface area contributed by atoms with E-state index in [4.69, 9.17) is 0 Å². The average Bonchev–Trinajstić information content (AvgIpc) is 2.38. The minimum absolute atomic E-state index is 1.03. The van der Waals surface area contributed by atoms with Crippen molar-refractivity contribution in [3.63, 3.8) is 0 Å². The first kappa shape index (κ1) is 14.4. The van der Waals surface area contributed by atoms with E-state index >= 15 is 0 Å². The lowest BCUT2D eigenvalue weighted by Crippen LogP contribution is -1.92. The summed E-state index contributed by atoms with van der Waals surface area (Å²) in [4.78, 5) is 4.10. The van der Waals surface area contributed by atoms with E-state index in [2.05, 4.69) is 35.4 Å². The predicted octanol–water partition coefficient (Wildman–Crippen LogP) is 3.63. The molecule has 1 heterocycles. The Balaban J connectivity index is 0.00000106. The molecular formula is C14H22N2. The van der Waals surface area contributed by atoms with Crippen molar-refractivity contribution >= 4 is 5.57 Å². The van der Waals surface area contributed by atoms with E-state index in [-0.39, 0.29) is 0 Å². The third kappa shape index (κ3) is 5.35. The number of aromatic nitrogens is 1. The lowest BCUT2D eigenvalue weighted by molar-refractivity contribution is 1.10. The average molecular weight is 218 g/mol. The summed E-state index contributed by atoms with van der Waals surface area (Å²) in [6, 6.07) is 4.01. The van der Waals surface area contributed by atoms with E-state index in [9.17, 15) is 0 Å². The molecule has 0 saturated carbocycles. The van der Waals surface area contributed by atoms with E-state index in [0.29, 0.717) is 0 Å². The van der Waals surface area contributed by atoms with Gasteiger partial charge in [-0.2, -0.15) is 0 Å². The number of rotatable bonds is 4. The zero-order valence-electron chi connectivity index (χ0n) is 10.7. The van der Waals surface area contributed by atoms with Crippen LogP contribution in [0.2, 0.25) is 0 Å². The fourth-order valence-corrected chi connectivity index (χ4v) is 1.21. The van der Waals surface area contributed by atoms with E-state index in [1.54, 1.807) is 6.20 Å². The van der Waals surface area contributed by atoms with E-state index in [0.717, 1.165) is 12.0 Å². The quantitative estimate of drug-likeness (QED) is 0.780. The molecule has 0 aliphatic rings. The van der Waals surface area contributed by atoms with Crippen molar-refractivity contribution in [2.45, 2.75) is 27.2 Å². The Morgan fingerprint density at radius 3 is 2.69 bits per heavy atom. The normalized spacial score (nSPS) is 10.9. The van der Waals surface area contributed by atoms with Crippen molar-refractivity contribution in [2.24, 2.45) is 0 Å². The molecule has 16 heavy (non-hydrogen) atoms. The standard InChI is InChI=1S/C12H16N2.C2H6/c1-3-5-11(7-9-13-2)12-6-4-8-14-10-12;1-2/h4-10,13H,3H2,1-2H3;1-2H3/b9-7-,11-5+;. The summed E-state index contributed by atoms with van der Waals surface area (Å²) in [5, 5.41) is 2.98. The molecule has 0 aromatic carbocycles. The van der Waals surface area contributed by atoms with Crippen LogP contribution in [0.1, 0.15) is 32.8 Å². The predicted molar refractivity (Wildman–Crippen MR) is 72.1 cm³/mol. The zero-order chi connectivity index (χ0) is 12.2. The van der Waals surface area contributed by atoms with Crippen molar-refractivity contribution < 1.29 is 0 Å². The monoisotopic (exact) mass is 218 g/mol. The van der Waals surface area contributed by atoms with Gasteiger partial charge in [0.15, 0.2) is 0 Å². The fraction of sp³-hybridized carbons (Fsp3) is 0.357. The van der Waals surface area contributed by atoms with E-state index < -0.39 is 0 Å². The first-order valence-corrected chi connectivity index (χ1v) is 5.83. The van der Waals surface area contributed by atoms with Crippen molar-refractivity contribution in [1.29, 1.82) is 0 Å². The Morgan fingerprint density at radius 1 is 1.44 bits per heavy atom. The molecule has 0 radical (unpaired) electrons. The van der Waals surface area contributed by atoms with Crippen LogP contribution < -0.4 is 5.32 Å². The molecule has 2 heteroatoms. The van der Waals surface area contributed by atoms with Crippen LogP contribution in [0.3, 0.4) is 0 Å². The Kier molecular flexibility index (Phi) is 8.99. The molecule has 0 unspecified atom stereocenters. The molecule has 0 spiro atoms. The summed E-state index contributed by atoms with van der Waals surface area (Å²) in [5.41, 5.74) is 2.36. The van der Waals surface area contributed by atoms with Gasteiger partial charge >= 0.3 is 0 Å². The number of allylic oxidation sites excluding steroid dienone is 3. The Morgan fingerprint density at radius 2 is 2.19 bits per heavy atom. The molecule has 0 fully saturated rings. The van der Waals surface area contributed by atoms with Crippen LogP contribution in [-0.4, -0.2) is 12.0 Å². The second-order valence-corrected chi connectivity index (χ2v) is 2.93. The second kappa shape index (κ2) is 9.97. The molecule has 0 atom stereocenters. The van der Waals surface area contributed by atoms with Crippen molar-refractivity contribution in [1.82, 2.24) is 10.3 Å². The Bertz CT molecular complexity index is 313. The van der Waals surface area contributed by atoms with Crippen molar-refractivity contribution in [2.75, 3.05) is 7.05 Å². The maximum absolute atomic E-state index is 4.10. The van der Waals surface area contributed by atoms with Gasteiger partial charge in [-0.1, -0.05) is 32.9 Å². The molecule has 1 rings (SSSR count). The summed E-state index contributed by atoms with van der Waals surface area (Å²) < 4.78 is 0. The molecule has 1 aromatic rings. The lowest BCUT2D eigenvalue weighted by Gasteiger charge is -2.01. The Hall–Kier alpha value is -1.57. The number of nitrogens with one attached hydrogen (secondary N) is 1. The van der Waals surface area contributed by atoms with Crippen molar-refractivity contribution in [3.05, 3.63) is 48.4 Å². The maximum atomic E-state index is 4.10. The minimum Gasteiger partial charge on any atom is -0.394 e. The molecule has 0 aliphatic carbocycles. The van der Waals surface area contributed by atoms with Gasteiger partial charge in [-0.3, -0.25) is 4.98 Å². The Labute approximate surface area is 99.1 Å². The molecule has 1 aromatic heterocycles. The van der Waals surface area contributed by atoms with Gasteiger partial charge in [0.2, 0.25) is 0 Å². The maximum Gasteiger partial charge on any atom is 0.0346 e. The van der Waals surface area contributed by atoms with Crippen LogP contribution in [0.15, 0.2) is 42.9 Å². The molecule has 88 valence electrons. The lowest BCUT2D eigenvalue weighted by atomic mass is 10.1. The second-order valence-electron chi connectivity index (χ2n) is 2.93. The smallest absolute Gasteiger partial charge is 0.0346 e. The summed E-state index contributed by atoms with van der Waals surface area (Å²) in [5.74, 6) is 0. The van der Waals surface area contributed by atoms with Gasteiger partial charge in [0, 0.05) is 19.4 Å². The number of nitrogens with zero attached hydrogens (tertiary/aromatic N) is 1. The molecule has 0 bridgehead atoms. The zero-order valence-corrected chi connectivity index (χ0v) is 10.7. The molecule has 0 saturated heterocycles. The third-order valence-corrected chi connectivity index (χ3v) is 1.85. The third-order valence-electron chi connectivity index (χ3n) is 1.85. The SMILES string of the molecule is CC.CC/C=C(\C=C/NC)c1cccnc1. The van der Waals surface area contributed by atoms with Gasteiger partial charge in [-0.05, 0) is 35.9 Å². The number of hydrogen-bond donors (Lipinski definition) is 1. The molecular weight excluding hydrogens is 196 g/mol. The summed E-state index contributed by atoms with van der Waals surface area (Å²) in [7, 11) is 1.89. The topological polar surface area (TPSA) is 24.9 Å². The highest BCUT2D eigenvalue weighted by molar-refractivity contribution is 5.73. The minimum atomic E-state index is 1.03. The van der Waals surface area contributed by atoms with Gasteiger partial charge in [-0.15, -0.1) is 0 Å².